The fourth-order valence-corrected chi connectivity index (χ4v) is 6.50. The molecule has 0 aromatic carbocycles. The zero-order valence-electron chi connectivity index (χ0n) is 33.0. The SMILES string of the molecule is CCCCC/C=C\C/C=C\CCCCCCCC1[C]=C=C(CC/C=C/CCCCC)OC1CCCCCCC/C=C\C/C=C\CCCCC. The van der Waals surface area contributed by atoms with Crippen molar-refractivity contribution in [1.82, 2.24) is 0 Å². The monoisotopic (exact) mass is 674 g/mol. The first-order valence-corrected chi connectivity index (χ1v) is 21.6. The van der Waals surface area contributed by atoms with E-state index in [0.717, 1.165) is 31.4 Å². The van der Waals surface area contributed by atoms with Crippen LogP contribution in [0.3, 0.4) is 0 Å². The van der Waals surface area contributed by atoms with Gasteiger partial charge in [-0.3, -0.25) is 0 Å². The molecule has 1 aliphatic rings. The van der Waals surface area contributed by atoms with Gasteiger partial charge < -0.3 is 4.74 Å². The second kappa shape index (κ2) is 37.3. The van der Waals surface area contributed by atoms with Crippen LogP contribution in [0.25, 0.3) is 0 Å². The van der Waals surface area contributed by atoms with Crippen LogP contribution in [0.2, 0.25) is 0 Å². The highest BCUT2D eigenvalue weighted by Gasteiger charge is 2.24. The van der Waals surface area contributed by atoms with E-state index in [1.165, 1.54) is 167 Å². The van der Waals surface area contributed by atoms with Crippen LogP contribution in [0.4, 0.5) is 0 Å². The van der Waals surface area contributed by atoms with Crippen LogP contribution in [-0.4, -0.2) is 6.10 Å². The summed E-state index contributed by atoms with van der Waals surface area (Å²) < 4.78 is 6.62. The van der Waals surface area contributed by atoms with Crippen LogP contribution in [0, 0.1) is 12.0 Å². The summed E-state index contributed by atoms with van der Waals surface area (Å²) in [5.41, 5.74) is 3.45. The van der Waals surface area contributed by atoms with Gasteiger partial charge in [0.25, 0.3) is 0 Å². The molecule has 1 nitrogen and oxygen atoms in total. The maximum Gasteiger partial charge on any atom is 0.139 e. The first-order valence-electron chi connectivity index (χ1n) is 21.6. The van der Waals surface area contributed by atoms with Crippen LogP contribution in [-0.2, 0) is 4.74 Å². The zero-order valence-corrected chi connectivity index (χ0v) is 33.0. The molecule has 0 aromatic rings. The van der Waals surface area contributed by atoms with Gasteiger partial charge in [-0.1, -0.05) is 171 Å². The van der Waals surface area contributed by atoms with Gasteiger partial charge >= 0.3 is 0 Å². The predicted molar refractivity (Wildman–Crippen MR) is 220 cm³/mol. The standard InChI is InChI=1S/C48H81O/c1-4-7-10-13-16-18-20-22-24-26-28-30-33-35-38-41-46-44-45-47(42-39-36-32-15-12-9-6-3)49-48(46)43-40-37-34-31-29-27-25-23-21-19-17-14-11-8-5-2/h16-19,22-25,32,36,46,48H,4-15,20-21,26-31,33-35,37-43H2,1-3H3/b18-16-,19-17-,24-22-,25-23-,36-32+. The Bertz CT molecular complexity index is 907. The van der Waals surface area contributed by atoms with Crippen LogP contribution >= 0.6 is 0 Å². The Morgan fingerprint density at radius 1 is 0.429 bits per heavy atom. The van der Waals surface area contributed by atoms with E-state index in [0.29, 0.717) is 12.0 Å². The number of ether oxygens (including phenoxy) is 1. The molecule has 1 aliphatic heterocycles. The van der Waals surface area contributed by atoms with Gasteiger partial charge in [-0.25, -0.2) is 0 Å². The van der Waals surface area contributed by atoms with Gasteiger partial charge in [0.05, 0.1) is 0 Å². The largest absolute Gasteiger partial charge is 0.486 e. The zero-order chi connectivity index (χ0) is 35.1. The minimum atomic E-state index is 0.300. The van der Waals surface area contributed by atoms with Crippen molar-refractivity contribution in [3.63, 3.8) is 0 Å². The fraction of sp³-hybridized carbons (Fsp3) is 0.729. The van der Waals surface area contributed by atoms with Crippen molar-refractivity contribution in [2.24, 2.45) is 5.92 Å². The highest BCUT2D eigenvalue weighted by atomic mass is 16.5. The summed E-state index contributed by atoms with van der Waals surface area (Å²) in [6, 6.07) is 0. The second-order valence-electron chi connectivity index (χ2n) is 14.5. The van der Waals surface area contributed by atoms with E-state index >= 15 is 0 Å². The van der Waals surface area contributed by atoms with E-state index < -0.39 is 0 Å². The number of hydrogen-bond acceptors (Lipinski definition) is 1. The Morgan fingerprint density at radius 2 is 0.816 bits per heavy atom. The van der Waals surface area contributed by atoms with Crippen molar-refractivity contribution in [3.05, 3.63) is 78.3 Å². The Balaban J connectivity index is 2.31. The Labute approximate surface area is 307 Å². The van der Waals surface area contributed by atoms with Gasteiger partial charge in [0, 0.05) is 18.4 Å². The molecule has 2 unspecified atom stereocenters. The van der Waals surface area contributed by atoms with Crippen LogP contribution < -0.4 is 0 Å². The molecule has 1 heterocycles. The topological polar surface area (TPSA) is 9.23 Å². The lowest BCUT2D eigenvalue weighted by Gasteiger charge is -2.28. The Hall–Kier alpha value is -1.98. The summed E-state index contributed by atoms with van der Waals surface area (Å²) in [6.45, 7) is 6.81. The molecule has 0 spiro atoms. The molecule has 0 N–H and O–H groups in total. The number of allylic oxidation sites excluding steroid dienone is 10. The summed E-state index contributed by atoms with van der Waals surface area (Å²) in [6.07, 6.45) is 65.5. The smallest absolute Gasteiger partial charge is 0.139 e. The van der Waals surface area contributed by atoms with Crippen molar-refractivity contribution in [2.75, 3.05) is 0 Å². The van der Waals surface area contributed by atoms with E-state index in [1.807, 2.05) is 0 Å². The molecule has 1 radical (unpaired) electrons. The summed E-state index contributed by atoms with van der Waals surface area (Å²) >= 11 is 0. The molecular weight excluding hydrogens is 593 g/mol. The van der Waals surface area contributed by atoms with Gasteiger partial charge in [-0.05, 0) is 103 Å². The highest BCUT2D eigenvalue weighted by Crippen LogP contribution is 2.29. The minimum absolute atomic E-state index is 0.300. The third-order valence-corrected chi connectivity index (χ3v) is 9.72. The normalized spacial score (nSPS) is 16.8. The summed E-state index contributed by atoms with van der Waals surface area (Å²) in [5, 5.41) is 0. The molecule has 0 bridgehead atoms. The van der Waals surface area contributed by atoms with Crippen molar-refractivity contribution < 1.29 is 4.74 Å². The molecule has 1 rings (SSSR count). The van der Waals surface area contributed by atoms with E-state index in [1.54, 1.807) is 0 Å². The fourth-order valence-electron chi connectivity index (χ4n) is 6.50. The molecule has 0 fully saturated rings. The average molecular weight is 674 g/mol. The summed E-state index contributed by atoms with van der Waals surface area (Å²) in [7, 11) is 0. The first kappa shape index (κ1) is 45.0. The predicted octanol–water partition coefficient (Wildman–Crippen LogP) is 16.4. The highest BCUT2D eigenvalue weighted by molar-refractivity contribution is 5.02. The lowest BCUT2D eigenvalue weighted by Crippen LogP contribution is -2.25. The van der Waals surface area contributed by atoms with Crippen LogP contribution in [0.15, 0.2) is 72.3 Å². The molecule has 279 valence electrons. The van der Waals surface area contributed by atoms with E-state index in [2.05, 4.69) is 93.3 Å². The number of rotatable bonds is 35. The quantitative estimate of drug-likeness (QED) is 0.0370. The molecule has 0 saturated carbocycles. The maximum absolute atomic E-state index is 6.62. The minimum Gasteiger partial charge on any atom is -0.486 e. The molecule has 0 amide bonds. The number of unbranched alkanes of at least 4 members (excludes halogenated alkanes) is 19. The Kier molecular flexibility index (Phi) is 34.3. The molecule has 0 aliphatic carbocycles. The lowest BCUT2D eigenvalue weighted by molar-refractivity contribution is 0.0529. The van der Waals surface area contributed by atoms with Crippen LogP contribution in [0.1, 0.15) is 213 Å². The van der Waals surface area contributed by atoms with Crippen molar-refractivity contribution in [3.8, 4) is 0 Å². The molecule has 0 aromatic heterocycles. The van der Waals surface area contributed by atoms with E-state index in [-0.39, 0.29) is 0 Å². The number of hydrogen-bond donors (Lipinski definition) is 0. The van der Waals surface area contributed by atoms with Crippen molar-refractivity contribution in [2.45, 2.75) is 219 Å². The van der Waals surface area contributed by atoms with Crippen molar-refractivity contribution >= 4 is 0 Å². The third kappa shape index (κ3) is 30.6. The lowest BCUT2D eigenvalue weighted by atomic mass is 9.90. The molecule has 0 saturated heterocycles. The first-order chi connectivity index (χ1) is 24.3. The average Bonchev–Trinajstić information content (AvgIpc) is 3.11. The molecule has 1 heteroatoms. The van der Waals surface area contributed by atoms with Gasteiger partial charge in [0.15, 0.2) is 0 Å². The van der Waals surface area contributed by atoms with Crippen LogP contribution in [0.5, 0.6) is 0 Å². The molecule has 49 heavy (non-hydrogen) atoms. The van der Waals surface area contributed by atoms with Gasteiger partial charge in [-0.2, -0.15) is 0 Å². The summed E-state index contributed by atoms with van der Waals surface area (Å²) in [4.78, 5) is 0. The molecule has 2 atom stereocenters. The summed E-state index contributed by atoms with van der Waals surface area (Å²) in [5.74, 6) is 1.46. The van der Waals surface area contributed by atoms with E-state index in [9.17, 15) is 0 Å². The third-order valence-electron chi connectivity index (χ3n) is 9.72. The van der Waals surface area contributed by atoms with Gasteiger partial charge in [-0.15, -0.1) is 0 Å². The maximum atomic E-state index is 6.62. The Morgan fingerprint density at radius 3 is 1.31 bits per heavy atom. The van der Waals surface area contributed by atoms with Gasteiger partial charge in [0.2, 0.25) is 0 Å². The molecular formula is C48H81O. The van der Waals surface area contributed by atoms with E-state index in [4.69, 9.17) is 4.74 Å². The van der Waals surface area contributed by atoms with Gasteiger partial charge in [0.1, 0.15) is 11.9 Å². The van der Waals surface area contributed by atoms with Crippen molar-refractivity contribution in [1.29, 1.82) is 0 Å². The second-order valence-corrected chi connectivity index (χ2v) is 14.5.